The Hall–Kier alpha value is -0.340. The van der Waals surface area contributed by atoms with E-state index in [9.17, 15) is 5.11 Å². The van der Waals surface area contributed by atoms with E-state index in [4.69, 9.17) is 0 Å². The average Bonchev–Trinajstić information content (AvgIpc) is 2.22. The van der Waals surface area contributed by atoms with Gasteiger partial charge in [-0.05, 0) is 36.6 Å². The maximum Gasteiger partial charge on any atom is 0.0790 e. The Morgan fingerprint density at radius 3 is 2.56 bits per heavy atom. The quantitative estimate of drug-likeness (QED) is 0.747. The summed E-state index contributed by atoms with van der Waals surface area (Å²) in [5, 5.41) is 10.0. The van der Waals surface area contributed by atoms with Crippen LogP contribution in [-0.2, 0) is 0 Å². The molecule has 0 aliphatic carbocycles. The van der Waals surface area contributed by atoms with Crippen LogP contribution < -0.4 is 0 Å². The number of aryl methyl sites for hydroxylation is 1. The molecule has 16 heavy (non-hydrogen) atoms. The van der Waals surface area contributed by atoms with E-state index in [1.807, 2.05) is 6.07 Å². The summed E-state index contributed by atoms with van der Waals surface area (Å²) in [6.07, 6.45) is 5.40. The molecule has 0 fully saturated rings. The lowest BCUT2D eigenvalue weighted by molar-refractivity contribution is 0.163. The highest BCUT2D eigenvalue weighted by Gasteiger charge is 2.08. The van der Waals surface area contributed by atoms with Crippen LogP contribution in [0.25, 0.3) is 0 Å². The van der Waals surface area contributed by atoms with Crippen LogP contribution in [0.2, 0.25) is 0 Å². The highest BCUT2D eigenvalue weighted by Crippen LogP contribution is 2.24. The zero-order valence-electron chi connectivity index (χ0n) is 10.2. The zero-order chi connectivity index (χ0) is 12.0. The second kappa shape index (κ2) is 7.08. The van der Waals surface area contributed by atoms with Crippen molar-refractivity contribution < 1.29 is 5.11 Å². The average molecular weight is 285 g/mol. The molecule has 0 aliphatic heterocycles. The fraction of sp³-hybridized carbons (Fsp3) is 0.571. The fourth-order valence-corrected chi connectivity index (χ4v) is 2.51. The Labute approximate surface area is 107 Å². The topological polar surface area (TPSA) is 20.2 Å². The zero-order valence-corrected chi connectivity index (χ0v) is 11.8. The van der Waals surface area contributed by atoms with Gasteiger partial charge in [-0.1, -0.05) is 54.6 Å². The van der Waals surface area contributed by atoms with E-state index < -0.39 is 0 Å². The van der Waals surface area contributed by atoms with Gasteiger partial charge in [0.1, 0.15) is 0 Å². The first kappa shape index (κ1) is 13.7. The predicted molar refractivity (Wildman–Crippen MR) is 72.6 cm³/mol. The lowest BCUT2D eigenvalue weighted by Gasteiger charge is -2.12. The van der Waals surface area contributed by atoms with Crippen molar-refractivity contribution in [2.75, 3.05) is 0 Å². The maximum absolute atomic E-state index is 10.0. The van der Waals surface area contributed by atoms with E-state index >= 15 is 0 Å². The molecular weight excluding hydrogens is 264 g/mol. The predicted octanol–water partition coefficient (Wildman–Crippen LogP) is 4.76. The number of hydrogen-bond acceptors (Lipinski definition) is 1. The SMILES string of the molecule is CCCCCCC(O)c1cc(C)cc(Br)c1. The van der Waals surface area contributed by atoms with Gasteiger partial charge in [0.25, 0.3) is 0 Å². The lowest BCUT2D eigenvalue weighted by atomic mass is 10.0. The van der Waals surface area contributed by atoms with Crippen molar-refractivity contribution >= 4 is 15.9 Å². The summed E-state index contributed by atoms with van der Waals surface area (Å²) >= 11 is 3.46. The first-order valence-electron chi connectivity index (χ1n) is 6.08. The van der Waals surface area contributed by atoms with Gasteiger partial charge in [0.2, 0.25) is 0 Å². The Bertz CT molecular complexity index is 302. The molecule has 1 rings (SSSR count). The summed E-state index contributed by atoms with van der Waals surface area (Å²) in [6, 6.07) is 6.14. The molecular formula is C14H21BrO. The Kier molecular flexibility index (Phi) is 6.07. The van der Waals surface area contributed by atoms with Crippen LogP contribution in [0.15, 0.2) is 22.7 Å². The minimum atomic E-state index is -0.312. The summed E-state index contributed by atoms with van der Waals surface area (Å²) in [4.78, 5) is 0. The monoisotopic (exact) mass is 284 g/mol. The van der Waals surface area contributed by atoms with Gasteiger partial charge in [0.15, 0.2) is 0 Å². The van der Waals surface area contributed by atoms with Gasteiger partial charge in [-0.15, -0.1) is 0 Å². The van der Waals surface area contributed by atoms with Crippen molar-refractivity contribution in [1.29, 1.82) is 0 Å². The Morgan fingerprint density at radius 1 is 1.19 bits per heavy atom. The third-order valence-electron chi connectivity index (χ3n) is 2.78. The first-order valence-corrected chi connectivity index (χ1v) is 6.88. The van der Waals surface area contributed by atoms with Crippen molar-refractivity contribution in [2.45, 2.75) is 52.1 Å². The highest BCUT2D eigenvalue weighted by atomic mass is 79.9. The van der Waals surface area contributed by atoms with Crippen LogP contribution in [0.3, 0.4) is 0 Å². The van der Waals surface area contributed by atoms with E-state index in [1.54, 1.807) is 0 Å². The molecule has 0 saturated heterocycles. The van der Waals surface area contributed by atoms with E-state index in [0.29, 0.717) is 0 Å². The fourth-order valence-electron chi connectivity index (χ4n) is 1.89. The molecule has 0 aliphatic rings. The first-order chi connectivity index (χ1) is 7.63. The molecule has 1 unspecified atom stereocenters. The number of hydrogen-bond donors (Lipinski definition) is 1. The summed E-state index contributed by atoms with van der Waals surface area (Å²) in [6.45, 7) is 4.26. The summed E-state index contributed by atoms with van der Waals surface area (Å²) in [7, 11) is 0. The van der Waals surface area contributed by atoms with Crippen LogP contribution in [0.5, 0.6) is 0 Å². The largest absolute Gasteiger partial charge is 0.388 e. The Morgan fingerprint density at radius 2 is 1.94 bits per heavy atom. The molecule has 0 saturated carbocycles. The maximum atomic E-state index is 10.0. The van der Waals surface area contributed by atoms with E-state index in [1.165, 1.54) is 24.8 Å². The van der Waals surface area contributed by atoms with Crippen molar-refractivity contribution in [3.63, 3.8) is 0 Å². The van der Waals surface area contributed by atoms with Crippen LogP contribution in [0.1, 0.15) is 56.3 Å². The number of unbranched alkanes of at least 4 members (excludes halogenated alkanes) is 3. The summed E-state index contributed by atoms with van der Waals surface area (Å²) in [5.74, 6) is 0. The standard InChI is InChI=1S/C14H21BrO/c1-3-4-5-6-7-14(16)12-8-11(2)9-13(15)10-12/h8-10,14,16H,3-7H2,1-2H3. The summed E-state index contributed by atoms with van der Waals surface area (Å²) < 4.78 is 1.05. The Balaban J connectivity index is 2.48. The van der Waals surface area contributed by atoms with Gasteiger partial charge in [0.05, 0.1) is 6.10 Å². The molecule has 1 atom stereocenters. The highest BCUT2D eigenvalue weighted by molar-refractivity contribution is 9.10. The summed E-state index contributed by atoms with van der Waals surface area (Å²) in [5.41, 5.74) is 2.22. The van der Waals surface area contributed by atoms with E-state index in [-0.39, 0.29) is 6.10 Å². The van der Waals surface area contributed by atoms with Crippen LogP contribution in [0, 0.1) is 6.92 Å². The second-order valence-corrected chi connectivity index (χ2v) is 5.34. The number of aliphatic hydroxyl groups is 1. The molecule has 0 bridgehead atoms. The normalized spacial score (nSPS) is 12.8. The van der Waals surface area contributed by atoms with Gasteiger partial charge in [-0.25, -0.2) is 0 Å². The van der Waals surface area contributed by atoms with Gasteiger partial charge in [0, 0.05) is 4.47 Å². The third-order valence-corrected chi connectivity index (χ3v) is 3.24. The lowest BCUT2D eigenvalue weighted by Crippen LogP contribution is -1.98. The van der Waals surface area contributed by atoms with Gasteiger partial charge in [-0.3, -0.25) is 0 Å². The smallest absolute Gasteiger partial charge is 0.0790 e. The molecule has 0 amide bonds. The number of aliphatic hydroxyl groups excluding tert-OH is 1. The van der Waals surface area contributed by atoms with Crippen molar-refractivity contribution in [1.82, 2.24) is 0 Å². The van der Waals surface area contributed by atoms with E-state index in [0.717, 1.165) is 22.9 Å². The minimum absolute atomic E-state index is 0.312. The molecule has 1 aromatic carbocycles. The van der Waals surface area contributed by atoms with Gasteiger partial charge >= 0.3 is 0 Å². The van der Waals surface area contributed by atoms with Crippen molar-refractivity contribution in [2.24, 2.45) is 0 Å². The van der Waals surface area contributed by atoms with Gasteiger partial charge in [-0.2, -0.15) is 0 Å². The number of benzene rings is 1. The molecule has 90 valence electrons. The molecule has 2 heteroatoms. The molecule has 0 heterocycles. The van der Waals surface area contributed by atoms with Gasteiger partial charge < -0.3 is 5.11 Å². The third kappa shape index (κ3) is 4.67. The number of rotatable bonds is 6. The van der Waals surface area contributed by atoms with Crippen LogP contribution in [-0.4, -0.2) is 5.11 Å². The molecule has 0 aromatic heterocycles. The molecule has 1 aromatic rings. The molecule has 1 N–H and O–H groups in total. The van der Waals surface area contributed by atoms with Crippen molar-refractivity contribution in [3.8, 4) is 0 Å². The minimum Gasteiger partial charge on any atom is -0.388 e. The molecule has 0 radical (unpaired) electrons. The van der Waals surface area contributed by atoms with Crippen molar-refractivity contribution in [3.05, 3.63) is 33.8 Å². The van der Waals surface area contributed by atoms with Crippen LogP contribution in [0.4, 0.5) is 0 Å². The van der Waals surface area contributed by atoms with Crippen LogP contribution >= 0.6 is 15.9 Å². The molecule has 1 nitrogen and oxygen atoms in total. The van der Waals surface area contributed by atoms with E-state index in [2.05, 4.69) is 41.9 Å². The molecule has 0 spiro atoms. The number of halogens is 1. The second-order valence-electron chi connectivity index (χ2n) is 4.43.